The summed E-state index contributed by atoms with van der Waals surface area (Å²) in [5.74, 6) is 1.60. The van der Waals surface area contributed by atoms with Crippen LogP contribution in [0.25, 0.3) is 0 Å². The van der Waals surface area contributed by atoms with Crippen molar-refractivity contribution in [1.29, 1.82) is 5.26 Å². The normalized spacial score (nSPS) is 15.3. The van der Waals surface area contributed by atoms with Crippen molar-refractivity contribution in [2.75, 3.05) is 31.6 Å². The lowest BCUT2D eigenvalue weighted by molar-refractivity contribution is -0.127. The standard InChI is InChI=1S/C13H16N4O.C12H15F/c1-16(7-8-17-6-2-3-13(17)18)12-5-4-11(9-14)10-15-12;1-2-4-9-5-3-6-11(13)12(9)10-7-8-10/h4-5,10H,2-3,6-8H2,1H3;3,5-6,10H,2,4,7-8H2,1H3. The molecule has 164 valence electrons. The molecule has 1 amide bonds. The van der Waals surface area contributed by atoms with Crippen LogP contribution in [0.2, 0.25) is 0 Å². The summed E-state index contributed by atoms with van der Waals surface area (Å²) in [6, 6.07) is 11.1. The first-order valence-corrected chi connectivity index (χ1v) is 11.2. The number of carbonyl (C=O) groups excluding carboxylic acids is 1. The molecule has 2 aromatic rings. The maximum absolute atomic E-state index is 13.5. The molecule has 6 heteroatoms. The second-order valence-corrected chi connectivity index (χ2v) is 8.26. The molecule has 1 aromatic carbocycles. The summed E-state index contributed by atoms with van der Waals surface area (Å²) in [4.78, 5) is 19.6. The lowest BCUT2D eigenvalue weighted by Gasteiger charge is -2.22. The first-order chi connectivity index (χ1) is 15.0. The number of amides is 1. The lowest BCUT2D eigenvalue weighted by Crippen LogP contribution is -2.34. The van der Waals surface area contributed by atoms with Gasteiger partial charge in [0, 0.05) is 39.3 Å². The van der Waals surface area contributed by atoms with E-state index in [1.165, 1.54) is 18.4 Å². The third-order valence-electron chi connectivity index (χ3n) is 5.79. The summed E-state index contributed by atoms with van der Waals surface area (Å²) in [6.07, 6.45) is 7.69. The molecule has 1 aliphatic heterocycles. The zero-order valence-corrected chi connectivity index (χ0v) is 18.5. The van der Waals surface area contributed by atoms with Gasteiger partial charge in [-0.1, -0.05) is 25.5 Å². The fraction of sp³-hybridized carbons (Fsp3) is 0.480. The quantitative estimate of drug-likeness (QED) is 0.651. The Morgan fingerprint density at radius 3 is 2.68 bits per heavy atom. The number of benzene rings is 1. The number of aryl methyl sites for hydroxylation is 1. The fourth-order valence-electron chi connectivity index (χ4n) is 3.90. The number of anilines is 1. The highest BCUT2D eigenvalue weighted by Gasteiger charge is 2.28. The molecule has 31 heavy (non-hydrogen) atoms. The summed E-state index contributed by atoms with van der Waals surface area (Å²) >= 11 is 0. The number of halogens is 1. The van der Waals surface area contributed by atoms with Gasteiger partial charge < -0.3 is 9.80 Å². The Balaban J connectivity index is 0.000000185. The van der Waals surface area contributed by atoms with Crippen molar-refractivity contribution in [1.82, 2.24) is 9.88 Å². The highest BCUT2D eigenvalue weighted by molar-refractivity contribution is 5.78. The van der Waals surface area contributed by atoms with Gasteiger partial charge >= 0.3 is 0 Å². The molecule has 1 aliphatic carbocycles. The number of likely N-dealkylation sites (N-methyl/N-ethyl adjacent to an activating group) is 1. The van der Waals surface area contributed by atoms with E-state index in [1.54, 1.807) is 18.3 Å². The Morgan fingerprint density at radius 2 is 2.10 bits per heavy atom. The van der Waals surface area contributed by atoms with Gasteiger partial charge in [0.15, 0.2) is 0 Å². The molecule has 0 unspecified atom stereocenters. The largest absolute Gasteiger partial charge is 0.358 e. The smallest absolute Gasteiger partial charge is 0.222 e. The highest BCUT2D eigenvalue weighted by Crippen LogP contribution is 2.43. The summed E-state index contributed by atoms with van der Waals surface area (Å²) in [5.41, 5.74) is 2.79. The second-order valence-electron chi connectivity index (χ2n) is 8.26. The molecule has 1 saturated heterocycles. The number of carbonyl (C=O) groups is 1. The molecule has 0 spiro atoms. The maximum Gasteiger partial charge on any atom is 0.222 e. The van der Waals surface area contributed by atoms with E-state index in [9.17, 15) is 9.18 Å². The van der Waals surface area contributed by atoms with Gasteiger partial charge in [-0.25, -0.2) is 9.37 Å². The van der Waals surface area contributed by atoms with Crippen molar-refractivity contribution in [3.8, 4) is 6.07 Å². The summed E-state index contributed by atoms with van der Waals surface area (Å²) < 4.78 is 13.5. The number of aromatic nitrogens is 1. The Hall–Kier alpha value is -2.94. The molecule has 2 heterocycles. The van der Waals surface area contributed by atoms with Gasteiger partial charge in [0.05, 0.1) is 5.56 Å². The van der Waals surface area contributed by atoms with Crippen molar-refractivity contribution in [3.05, 3.63) is 59.0 Å². The third-order valence-corrected chi connectivity index (χ3v) is 5.79. The summed E-state index contributed by atoms with van der Waals surface area (Å²) in [5, 5.41) is 8.70. The summed E-state index contributed by atoms with van der Waals surface area (Å²) in [7, 11) is 1.94. The Bertz CT molecular complexity index is 918. The van der Waals surface area contributed by atoms with Gasteiger partial charge in [-0.15, -0.1) is 0 Å². The fourth-order valence-corrected chi connectivity index (χ4v) is 3.90. The first kappa shape index (κ1) is 22.7. The maximum atomic E-state index is 13.5. The average molecular weight is 423 g/mol. The SMILES string of the molecule is CCCc1cccc(F)c1C1CC1.CN(CCN1CCCC1=O)c1ccc(C#N)cn1. The molecule has 0 N–H and O–H groups in total. The molecule has 2 fully saturated rings. The monoisotopic (exact) mass is 422 g/mol. The van der Waals surface area contributed by atoms with Crippen molar-refractivity contribution in [3.63, 3.8) is 0 Å². The van der Waals surface area contributed by atoms with E-state index in [-0.39, 0.29) is 11.7 Å². The predicted molar refractivity (Wildman–Crippen MR) is 120 cm³/mol. The Labute approximate surface area is 184 Å². The molecule has 0 atom stereocenters. The summed E-state index contributed by atoms with van der Waals surface area (Å²) in [6.45, 7) is 4.50. The number of nitrogens with zero attached hydrogens (tertiary/aromatic N) is 4. The van der Waals surface area contributed by atoms with Crippen LogP contribution < -0.4 is 4.90 Å². The molecule has 2 aliphatic rings. The van der Waals surface area contributed by atoms with E-state index in [0.717, 1.165) is 50.3 Å². The zero-order chi connectivity index (χ0) is 22.2. The van der Waals surface area contributed by atoms with Crippen molar-refractivity contribution in [2.24, 2.45) is 0 Å². The van der Waals surface area contributed by atoms with Gasteiger partial charge in [-0.2, -0.15) is 5.26 Å². The molecule has 0 bridgehead atoms. The molecule has 0 radical (unpaired) electrons. The van der Waals surface area contributed by atoms with Crippen LogP contribution in [0.1, 0.15) is 61.6 Å². The zero-order valence-electron chi connectivity index (χ0n) is 18.5. The average Bonchev–Trinajstić information content (AvgIpc) is 3.53. The van der Waals surface area contributed by atoms with Crippen molar-refractivity contribution >= 4 is 11.7 Å². The van der Waals surface area contributed by atoms with Gasteiger partial charge in [0.1, 0.15) is 17.7 Å². The van der Waals surface area contributed by atoms with Crippen molar-refractivity contribution in [2.45, 2.75) is 51.4 Å². The van der Waals surface area contributed by atoms with Crippen LogP contribution in [0.15, 0.2) is 36.5 Å². The number of hydrogen-bond donors (Lipinski definition) is 0. The highest BCUT2D eigenvalue weighted by atomic mass is 19.1. The number of pyridine rings is 1. The predicted octanol–water partition coefficient (Wildman–Crippen LogP) is 4.67. The third kappa shape index (κ3) is 6.27. The van der Waals surface area contributed by atoms with E-state index in [0.29, 0.717) is 17.9 Å². The van der Waals surface area contributed by atoms with E-state index in [4.69, 9.17) is 5.26 Å². The van der Waals surface area contributed by atoms with Crippen LogP contribution in [0, 0.1) is 17.1 Å². The van der Waals surface area contributed by atoms with Gasteiger partial charge in [0.25, 0.3) is 0 Å². The minimum atomic E-state index is 0.00782. The van der Waals surface area contributed by atoms with Crippen molar-refractivity contribution < 1.29 is 9.18 Å². The Morgan fingerprint density at radius 1 is 1.29 bits per heavy atom. The molecule has 4 rings (SSSR count). The van der Waals surface area contributed by atoms with Gasteiger partial charge in [0.2, 0.25) is 5.91 Å². The van der Waals surface area contributed by atoms with Crippen LogP contribution in [0.4, 0.5) is 10.2 Å². The van der Waals surface area contributed by atoms with Crippen LogP contribution in [0.3, 0.4) is 0 Å². The van der Waals surface area contributed by atoms with E-state index in [2.05, 4.69) is 18.0 Å². The minimum absolute atomic E-state index is 0.00782. The number of nitriles is 1. The molecule has 5 nitrogen and oxygen atoms in total. The van der Waals surface area contributed by atoms with Gasteiger partial charge in [-0.05, 0) is 60.9 Å². The van der Waals surface area contributed by atoms with E-state index < -0.39 is 0 Å². The first-order valence-electron chi connectivity index (χ1n) is 11.2. The molecule has 1 aromatic heterocycles. The van der Waals surface area contributed by atoms with E-state index >= 15 is 0 Å². The second kappa shape index (κ2) is 10.9. The van der Waals surface area contributed by atoms with Crippen LogP contribution >= 0.6 is 0 Å². The molecule has 1 saturated carbocycles. The lowest BCUT2D eigenvalue weighted by atomic mass is 9.99. The molecular formula is C25H31FN4O. The number of rotatable bonds is 7. The van der Waals surface area contributed by atoms with Gasteiger partial charge in [-0.3, -0.25) is 4.79 Å². The number of likely N-dealkylation sites (tertiary alicyclic amines) is 1. The minimum Gasteiger partial charge on any atom is -0.358 e. The topological polar surface area (TPSA) is 60.2 Å². The van der Waals surface area contributed by atoms with E-state index in [1.807, 2.05) is 35.0 Å². The molecular weight excluding hydrogens is 391 g/mol. The van der Waals surface area contributed by atoms with Crippen LogP contribution in [-0.4, -0.2) is 42.5 Å². The number of hydrogen-bond acceptors (Lipinski definition) is 4. The van der Waals surface area contributed by atoms with Crippen LogP contribution in [-0.2, 0) is 11.2 Å². The van der Waals surface area contributed by atoms with Crippen LogP contribution in [0.5, 0.6) is 0 Å². The Kier molecular flexibility index (Phi) is 8.00.